The first-order valence-corrected chi connectivity index (χ1v) is 7.46. The Hall–Kier alpha value is -1.52. The Labute approximate surface area is 123 Å². The summed E-state index contributed by atoms with van der Waals surface area (Å²) in [6.45, 7) is 2.11. The van der Waals surface area contributed by atoms with Crippen LogP contribution in [0.15, 0.2) is 47.4 Å². The molecule has 106 valence electrons. The summed E-state index contributed by atoms with van der Waals surface area (Å²) in [5, 5.41) is 0. The number of ether oxygens (including phenoxy) is 1. The Morgan fingerprint density at radius 2 is 1.90 bits per heavy atom. The number of hydrogen-bond acceptors (Lipinski definition) is 3. The van der Waals surface area contributed by atoms with Crippen molar-refractivity contribution in [1.29, 1.82) is 0 Å². The van der Waals surface area contributed by atoms with Crippen molar-refractivity contribution < 1.29 is 9.13 Å². The highest BCUT2D eigenvalue weighted by Gasteiger charge is 2.14. The third kappa shape index (κ3) is 3.32. The number of rotatable bonds is 5. The van der Waals surface area contributed by atoms with Crippen molar-refractivity contribution in [2.24, 2.45) is 5.73 Å². The van der Waals surface area contributed by atoms with E-state index in [0.29, 0.717) is 11.3 Å². The predicted molar refractivity (Wildman–Crippen MR) is 81.8 cm³/mol. The van der Waals surface area contributed by atoms with Crippen LogP contribution < -0.4 is 10.5 Å². The van der Waals surface area contributed by atoms with E-state index in [-0.39, 0.29) is 5.82 Å². The van der Waals surface area contributed by atoms with Gasteiger partial charge in [-0.25, -0.2) is 4.39 Å². The highest BCUT2D eigenvalue weighted by atomic mass is 32.2. The van der Waals surface area contributed by atoms with Crippen LogP contribution in [-0.4, -0.2) is 12.9 Å². The van der Waals surface area contributed by atoms with Crippen LogP contribution in [0.2, 0.25) is 0 Å². The molecule has 0 bridgehead atoms. The van der Waals surface area contributed by atoms with Gasteiger partial charge in [0.05, 0.1) is 13.2 Å². The quantitative estimate of drug-likeness (QED) is 0.846. The van der Waals surface area contributed by atoms with E-state index in [1.54, 1.807) is 23.9 Å². The van der Waals surface area contributed by atoms with E-state index in [9.17, 15) is 4.39 Å². The van der Waals surface area contributed by atoms with Gasteiger partial charge >= 0.3 is 0 Å². The topological polar surface area (TPSA) is 35.2 Å². The monoisotopic (exact) mass is 291 g/mol. The summed E-state index contributed by atoms with van der Waals surface area (Å²) in [5.74, 6) is 1.18. The lowest BCUT2D eigenvalue weighted by molar-refractivity contribution is 0.410. The molecule has 0 aliphatic rings. The number of nitrogens with two attached hydrogens (primary N) is 1. The molecule has 2 rings (SSSR count). The molecule has 0 saturated carbocycles. The summed E-state index contributed by atoms with van der Waals surface area (Å²) in [4.78, 5) is 1.19. The zero-order valence-electron chi connectivity index (χ0n) is 11.6. The summed E-state index contributed by atoms with van der Waals surface area (Å²) >= 11 is 1.77. The summed E-state index contributed by atoms with van der Waals surface area (Å²) in [6.07, 6.45) is 0. The van der Waals surface area contributed by atoms with Crippen LogP contribution in [0.3, 0.4) is 0 Å². The molecule has 1 atom stereocenters. The second kappa shape index (κ2) is 6.77. The van der Waals surface area contributed by atoms with Crippen molar-refractivity contribution in [1.82, 2.24) is 0 Å². The van der Waals surface area contributed by atoms with E-state index in [0.717, 1.165) is 11.3 Å². The summed E-state index contributed by atoms with van der Waals surface area (Å²) < 4.78 is 19.0. The van der Waals surface area contributed by atoms with Crippen molar-refractivity contribution in [3.8, 4) is 5.75 Å². The minimum absolute atomic E-state index is 0.344. The minimum atomic E-state index is -0.471. The Morgan fingerprint density at radius 3 is 2.45 bits per heavy atom. The Bertz CT molecular complexity index is 571. The van der Waals surface area contributed by atoms with E-state index < -0.39 is 6.04 Å². The molecule has 2 aromatic carbocycles. The lowest BCUT2D eigenvalue weighted by Gasteiger charge is -2.14. The molecule has 0 aliphatic carbocycles. The van der Waals surface area contributed by atoms with Gasteiger partial charge in [0.15, 0.2) is 0 Å². The zero-order valence-corrected chi connectivity index (χ0v) is 12.4. The minimum Gasteiger partial charge on any atom is -0.497 e. The maximum absolute atomic E-state index is 14.0. The molecule has 0 radical (unpaired) electrons. The highest BCUT2D eigenvalue weighted by Crippen LogP contribution is 2.27. The third-order valence-electron chi connectivity index (χ3n) is 3.09. The normalized spacial score (nSPS) is 12.2. The average Bonchev–Trinajstić information content (AvgIpc) is 2.47. The molecule has 0 saturated heterocycles. The Kier molecular flexibility index (Phi) is 5.04. The van der Waals surface area contributed by atoms with E-state index >= 15 is 0 Å². The molecule has 2 nitrogen and oxygen atoms in total. The van der Waals surface area contributed by atoms with Crippen molar-refractivity contribution in [3.05, 3.63) is 59.4 Å². The van der Waals surface area contributed by atoms with Gasteiger partial charge in [0.25, 0.3) is 0 Å². The van der Waals surface area contributed by atoms with Crippen LogP contribution in [0.25, 0.3) is 0 Å². The van der Waals surface area contributed by atoms with E-state index in [1.165, 1.54) is 18.1 Å². The van der Waals surface area contributed by atoms with Gasteiger partial charge in [-0.05, 0) is 29.5 Å². The fraction of sp³-hybridized carbons (Fsp3) is 0.250. The number of thioether (sulfide) groups is 1. The molecule has 0 fully saturated rings. The van der Waals surface area contributed by atoms with Gasteiger partial charge in [0.1, 0.15) is 11.6 Å². The lowest BCUT2D eigenvalue weighted by atomic mass is 9.99. The maximum atomic E-state index is 14.0. The molecular weight excluding hydrogens is 273 g/mol. The van der Waals surface area contributed by atoms with Crippen LogP contribution in [0, 0.1) is 5.82 Å². The predicted octanol–water partition coefficient (Wildman–Crippen LogP) is 3.99. The zero-order chi connectivity index (χ0) is 14.5. The fourth-order valence-corrected chi connectivity index (χ4v) is 2.67. The molecule has 2 aromatic rings. The van der Waals surface area contributed by atoms with Crippen LogP contribution in [0.1, 0.15) is 24.1 Å². The average molecular weight is 291 g/mol. The molecule has 0 aliphatic heterocycles. The smallest absolute Gasteiger partial charge is 0.132 e. The highest BCUT2D eigenvalue weighted by molar-refractivity contribution is 7.99. The number of benzene rings is 2. The van der Waals surface area contributed by atoms with Gasteiger partial charge in [-0.15, -0.1) is 11.8 Å². The molecule has 2 N–H and O–H groups in total. The first-order valence-electron chi connectivity index (χ1n) is 6.47. The molecular formula is C16H18FNOS. The Balaban J connectivity index is 2.24. The van der Waals surface area contributed by atoms with Crippen molar-refractivity contribution in [3.63, 3.8) is 0 Å². The largest absolute Gasteiger partial charge is 0.497 e. The lowest BCUT2D eigenvalue weighted by Crippen LogP contribution is -2.13. The van der Waals surface area contributed by atoms with Crippen LogP contribution in [0.5, 0.6) is 5.75 Å². The summed E-state index contributed by atoms with van der Waals surface area (Å²) in [5.41, 5.74) is 7.52. The van der Waals surface area contributed by atoms with Crippen molar-refractivity contribution in [2.45, 2.75) is 17.9 Å². The van der Waals surface area contributed by atoms with E-state index in [1.807, 2.05) is 24.3 Å². The first kappa shape index (κ1) is 14.9. The second-order valence-electron chi connectivity index (χ2n) is 4.37. The maximum Gasteiger partial charge on any atom is 0.132 e. The molecule has 4 heteroatoms. The van der Waals surface area contributed by atoms with Crippen LogP contribution in [-0.2, 0) is 0 Å². The van der Waals surface area contributed by atoms with Crippen molar-refractivity contribution >= 4 is 11.8 Å². The summed E-state index contributed by atoms with van der Waals surface area (Å²) in [6, 6.07) is 12.2. The third-order valence-corrected chi connectivity index (χ3v) is 3.99. The van der Waals surface area contributed by atoms with Crippen LogP contribution in [0.4, 0.5) is 4.39 Å². The second-order valence-corrected chi connectivity index (χ2v) is 5.70. The van der Waals surface area contributed by atoms with Gasteiger partial charge in [0, 0.05) is 16.5 Å². The van der Waals surface area contributed by atoms with E-state index in [2.05, 4.69) is 6.92 Å². The molecule has 1 unspecified atom stereocenters. The van der Waals surface area contributed by atoms with Crippen molar-refractivity contribution in [2.75, 3.05) is 12.9 Å². The van der Waals surface area contributed by atoms with Gasteiger partial charge in [-0.2, -0.15) is 0 Å². The van der Waals surface area contributed by atoms with Gasteiger partial charge in [-0.1, -0.05) is 25.1 Å². The van der Waals surface area contributed by atoms with Gasteiger partial charge < -0.3 is 10.5 Å². The summed E-state index contributed by atoms with van der Waals surface area (Å²) in [7, 11) is 1.51. The van der Waals surface area contributed by atoms with Crippen LogP contribution >= 0.6 is 11.8 Å². The number of halogens is 1. The molecule has 0 amide bonds. The first-order chi connectivity index (χ1) is 9.65. The fourth-order valence-electron chi connectivity index (χ4n) is 2.00. The standard InChI is InChI=1S/C16H18FNOS/c1-3-20-13-7-4-11(5-8-13)16(18)14-9-6-12(19-2)10-15(14)17/h4-10,16H,3,18H2,1-2H3. The number of hydrogen-bond donors (Lipinski definition) is 1. The SMILES string of the molecule is CCSc1ccc(C(N)c2ccc(OC)cc2F)cc1. The molecule has 0 aromatic heterocycles. The number of methoxy groups -OCH3 is 1. The molecule has 0 spiro atoms. The Morgan fingerprint density at radius 1 is 1.20 bits per heavy atom. The van der Waals surface area contributed by atoms with E-state index in [4.69, 9.17) is 10.5 Å². The van der Waals surface area contributed by atoms with Gasteiger partial charge in [-0.3, -0.25) is 0 Å². The molecule has 20 heavy (non-hydrogen) atoms. The van der Waals surface area contributed by atoms with Gasteiger partial charge in [0.2, 0.25) is 0 Å². The molecule has 0 heterocycles.